The zero-order chi connectivity index (χ0) is 17.1. The molecule has 1 aliphatic rings. The monoisotopic (exact) mass is 355 g/mol. The van der Waals surface area contributed by atoms with E-state index in [1.54, 1.807) is 11.3 Å². The Labute approximate surface area is 150 Å². The van der Waals surface area contributed by atoms with E-state index >= 15 is 0 Å². The second-order valence-corrected chi connectivity index (χ2v) is 7.25. The number of hydrogen-bond acceptors (Lipinski definition) is 4. The molecule has 25 heavy (non-hydrogen) atoms. The summed E-state index contributed by atoms with van der Waals surface area (Å²) in [5.41, 5.74) is 1.06. The number of anilines is 1. The van der Waals surface area contributed by atoms with E-state index < -0.39 is 0 Å². The minimum Gasteiger partial charge on any atom is -0.355 e. The van der Waals surface area contributed by atoms with Crippen molar-refractivity contribution < 1.29 is 4.79 Å². The number of amides is 1. The van der Waals surface area contributed by atoms with Gasteiger partial charge in [-0.05, 0) is 36.4 Å². The second-order valence-electron chi connectivity index (χ2n) is 6.30. The Morgan fingerprint density at radius 2 is 2.08 bits per heavy atom. The van der Waals surface area contributed by atoms with Gasteiger partial charge in [0, 0.05) is 37.6 Å². The van der Waals surface area contributed by atoms with Crippen LogP contribution in [0.2, 0.25) is 0 Å². The minimum absolute atomic E-state index is 0.0781. The predicted octanol–water partition coefficient (Wildman–Crippen LogP) is 2.72. The van der Waals surface area contributed by atoms with Crippen molar-refractivity contribution in [2.45, 2.75) is 25.4 Å². The molecule has 130 valence electrons. The first-order valence-electron chi connectivity index (χ1n) is 8.52. The van der Waals surface area contributed by atoms with Crippen LogP contribution in [0.1, 0.15) is 12.8 Å². The zero-order valence-electron chi connectivity index (χ0n) is 13.9. The fourth-order valence-electron chi connectivity index (χ4n) is 3.20. The molecule has 0 radical (unpaired) electrons. The molecule has 2 N–H and O–H groups in total. The standard InChI is InChI=1S/C18H21N5OS/c24-18(13-22-7-1-2-8-22)19-14-5-9-23(10-6-14)17-12-15(20-21-17)16-4-3-11-25-16/h1-4,7-8,11-12,14H,5-6,9-10,13H2,(H,19,24)(H,20,21). The van der Waals surface area contributed by atoms with Gasteiger partial charge in [0.2, 0.25) is 5.91 Å². The van der Waals surface area contributed by atoms with Crippen LogP contribution in [-0.4, -0.2) is 39.8 Å². The Hall–Kier alpha value is -2.54. The third-order valence-corrected chi connectivity index (χ3v) is 5.43. The van der Waals surface area contributed by atoms with Gasteiger partial charge in [-0.3, -0.25) is 9.89 Å². The van der Waals surface area contributed by atoms with E-state index in [1.807, 2.05) is 35.2 Å². The van der Waals surface area contributed by atoms with E-state index in [2.05, 4.69) is 37.9 Å². The molecule has 0 spiro atoms. The molecular formula is C18H21N5OS. The minimum atomic E-state index is 0.0781. The van der Waals surface area contributed by atoms with Crippen molar-refractivity contribution in [1.82, 2.24) is 20.1 Å². The summed E-state index contributed by atoms with van der Waals surface area (Å²) < 4.78 is 1.89. The maximum Gasteiger partial charge on any atom is 0.240 e. The summed E-state index contributed by atoms with van der Waals surface area (Å²) in [5.74, 6) is 1.06. The van der Waals surface area contributed by atoms with Gasteiger partial charge >= 0.3 is 0 Å². The van der Waals surface area contributed by atoms with E-state index in [0.29, 0.717) is 6.54 Å². The molecule has 1 fully saturated rings. The molecule has 0 saturated carbocycles. The van der Waals surface area contributed by atoms with Gasteiger partial charge in [-0.15, -0.1) is 11.3 Å². The first-order chi connectivity index (χ1) is 12.3. The molecule has 4 rings (SSSR count). The maximum atomic E-state index is 12.1. The van der Waals surface area contributed by atoms with Gasteiger partial charge in [0.1, 0.15) is 6.54 Å². The Morgan fingerprint density at radius 1 is 1.28 bits per heavy atom. The molecule has 7 heteroatoms. The lowest BCUT2D eigenvalue weighted by Gasteiger charge is -2.32. The van der Waals surface area contributed by atoms with Gasteiger partial charge in [0.15, 0.2) is 5.82 Å². The first-order valence-corrected chi connectivity index (χ1v) is 9.40. The molecule has 1 amide bonds. The highest BCUT2D eigenvalue weighted by molar-refractivity contribution is 7.13. The molecule has 6 nitrogen and oxygen atoms in total. The lowest BCUT2D eigenvalue weighted by molar-refractivity contribution is -0.122. The van der Waals surface area contributed by atoms with Crippen LogP contribution in [0.4, 0.5) is 5.82 Å². The van der Waals surface area contributed by atoms with Crippen molar-refractivity contribution in [1.29, 1.82) is 0 Å². The summed E-state index contributed by atoms with van der Waals surface area (Å²) in [6, 6.07) is 10.4. The average molecular weight is 355 g/mol. The fourth-order valence-corrected chi connectivity index (χ4v) is 3.89. The summed E-state index contributed by atoms with van der Waals surface area (Å²) in [6.07, 6.45) is 5.70. The summed E-state index contributed by atoms with van der Waals surface area (Å²) in [6.45, 7) is 2.20. The van der Waals surface area contributed by atoms with Crippen molar-refractivity contribution in [3.05, 3.63) is 48.1 Å². The fraction of sp³-hybridized carbons (Fsp3) is 0.333. The van der Waals surface area contributed by atoms with E-state index in [4.69, 9.17) is 0 Å². The number of H-pyrrole nitrogens is 1. The molecule has 0 bridgehead atoms. The summed E-state index contributed by atoms with van der Waals surface area (Å²) >= 11 is 1.71. The summed E-state index contributed by atoms with van der Waals surface area (Å²) in [7, 11) is 0. The number of carbonyl (C=O) groups excluding carboxylic acids is 1. The second kappa shape index (κ2) is 7.14. The van der Waals surface area contributed by atoms with E-state index in [-0.39, 0.29) is 11.9 Å². The number of piperidine rings is 1. The largest absolute Gasteiger partial charge is 0.355 e. The van der Waals surface area contributed by atoms with Crippen LogP contribution in [0.5, 0.6) is 0 Å². The van der Waals surface area contributed by atoms with Crippen LogP contribution in [0, 0.1) is 0 Å². The Kier molecular flexibility index (Phi) is 4.56. The molecule has 4 heterocycles. The van der Waals surface area contributed by atoms with Crippen molar-refractivity contribution in [2.75, 3.05) is 18.0 Å². The molecule has 0 atom stereocenters. The highest BCUT2D eigenvalue weighted by Crippen LogP contribution is 2.27. The molecule has 1 aliphatic heterocycles. The first kappa shape index (κ1) is 16.0. The van der Waals surface area contributed by atoms with Gasteiger partial charge < -0.3 is 14.8 Å². The smallest absolute Gasteiger partial charge is 0.240 e. The van der Waals surface area contributed by atoms with Gasteiger partial charge in [0.05, 0.1) is 10.6 Å². The van der Waals surface area contributed by atoms with Gasteiger partial charge in [-0.25, -0.2) is 0 Å². The number of aromatic nitrogens is 3. The van der Waals surface area contributed by atoms with E-state index in [0.717, 1.165) is 37.4 Å². The number of nitrogens with zero attached hydrogens (tertiary/aromatic N) is 3. The van der Waals surface area contributed by atoms with Crippen LogP contribution in [-0.2, 0) is 11.3 Å². The number of rotatable bonds is 5. The third-order valence-electron chi connectivity index (χ3n) is 4.53. The number of carbonyl (C=O) groups is 1. The number of nitrogens with one attached hydrogen (secondary N) is 2. The topological polar surface area (TPSA) is 66.0 Å². The molecule has 0 aromatic carbocycles. The van der Waals surface area contributed by atoms with Gasteiger partial charge in [-0.2, -0.15) is 5.10 Å². The van der Waals surface area contributed by atoms with Gasteiger partial charge in [0.25, 0.3) is 0 Å². The lowest BCUT2D eigenvalue weighted by atomic mass is 10.1. The number of thiophene rings is 1. The summed E-state index contributed by atoms with van der Waals surface area (Å²) in [4.78, 5) is 15.6. The Bertz CT molecular complexity index is 801. The van der Waals surface area contributed by atoms with E-state index in [1.165, 1.54) is 4.88 Å². The third kappa shape index (κ3) is 3.76. The van der Waals surface area contributed by atoms with E-state index in [9.17, 15) is 4.79 Å². The number of hydrogen-bond donors (Lipinski definition) is 2. The normalized spacial score (nSPS) is 15.4. The number of aromatic amines is 1. The Balaban J connectivity index is 1.29. The van der Waals surface area contributed by atoms with Gasteiger partial charge in [-0.1, -0.05) is 6.07 Å². The van der Waals surface area contributed by atoms with Crippen LogP contribution in [0.15, 0.2) is 48.1 Å². The molecule has 0 unspecified atom stereocenters. The molecule has 0 aliphatic carbocycles. The van der Waals surface area contributed by atoms with Crippen LogP contribution >= 0.6 is 11.3 Å². The van der Waals surface area contributed by atoms with Crippen molar-refractivity contribution in [2.24, 2.45) is 0 Å². The van der Waals surface area contributed by atoms with Crippen molar-refractivity contribution >= 4 is 23.1 Å². The highest BCUT2D eigenvalue weighted by atomic mass is 32.1. The SMILES string of the molecule is O=C(Cn1cccc1)NC1CCN(c2cc(-c3cccs3)[nH]n2)CC1. The zero-order valence-corrected chi connectivity index (χ0v) is 14.7. The summed E-state index contributed by atoms with van der Waals surface area (Å²) in [5, 5.41) is 12.8. The lowest BCUT2D eigenvalue weighted by Crippen LogP contribution is -2.45. The molecule has 3 aromatic rings. The predicted molar refractivity (Wildman–Crippen MR) is 99.7 cm³/mol. The average Bonchev–Trinajstić information content (AvgIpc) is 3.37. The molecular weight excluding hydrogens is 334 g/mol. The maximum absolute atomic E-state index is 12.1. The highest BCUT2D eigenvalue weighted by Gasteiger charge is 2.22. The van der Waals surface area contributed by atoms with Crippen molar-refractivity contribution in [3.8, 4) is 10.6 Å². The molecule has 1 saturated heterocycles. The quantitative estimate of drug-likeness (QED) is 0.740. The van der Waals surface area contributed by atoms with Crippen LogP contribution in [0.3, 0.4) is 0 Å². The molecule has 3 aromatic heterocycles. The Morgan fingerprint density at radius 3 is 2.80 bits per heavy atom. The van der Waals surface area contributed by atoms with Crippen LogP contribution < -0.4 is 10.2 Å². The van der Waals surface area contributed by atoms with Crippen molar-refractivity contribution in [3.63, 3.8) is 0 Å². The van der Waals surface area contributed by atoms with Crippen LogP contribution in [0.25, 0.3) is 10.6 Å².